The number of hydrogen-bond acceptors (Lipinski definition) is 0. The van der Waals surface area contributed by atoms with Crippen molar-refractivity contribution in [3.8, 4) is 0 Å². The molecular weight excluding hydrogens is 418 g/mol. The van der Waals surface area contributed by atoms with Gasteiger partial charge in [-0.15, -0.1) is 0 Å². The zero-order valence-electron chi connectivity index (χ0n) is 13.4. The van der Waals surface area contributed by atoms with Crippen LogP contribution in [0.3, 0.4) is 0 Å². The maximum atomic E-state index is 2.36. The van der Waals surface area contributed by atoms with E-state index >= 15 is 0 Å². The number of unbranched alkanes of at least 4 members (excludes halogenated alkanes) is 3. The summed E-state index contributed by atoms with van der Waals surface area (Å²) < 4.78 is 5.04. The van der Waals surface area contributed by atoms with Gasteiger partial charge in [-0.1, -0.05) is 0 Å². The molecular formula is C15H36Sn2. The first-order chi connectivity index (χ1) is 8.08. The number of hydrogen-bond donors (Lipinski definition) is 0. The fourth-order valence-electron chi connectivity index (χ4n) is 1.66. The van der Waals surface area contributed by atoms with Gasteiger partial charge in [-0.2, -0.15) is 0 Å². The van der Waals surface area contributed by atoms with Crippen LogP contribution in [0.25, 0.3) is 0 Å². The molecule has 0 aliphatic carbocycles. The molecule has 0 bridgehead atoms. The average molecular weight is 454 g/mol. The third-order valence-corrected chi connectivity index (χ3v) is 11.7. The van der Waals surface area contributed by atoms with Crippen molar-refractivity contribution in [3.05, 3.63) is 0 Å². The summed E-state index contributed by atoms with van der Waals surface area (Å²) in [6.07, 6.45) is 8.85. The van der Waals surface area contributed by atoms with Gasteiger partial charge in [0.05, 0.1) is 0 Å². The van der Waals surface area contributed by atoms with Crippen LogP contribution in [0.15, 0.2) is 0 Å². The van der Waals surface area contributed by atoms with Gasteiger partial charge in [0, 0.05) is 0 Å². The molecule has 0 aliphatic heterocycles. The van der Waals surface area contributed by atoms with Crippen LogP contribution in [0.5, 0.6) is 0 Å². The average Bonchev–Trinajstić information content (AvgIpc) is 2.27. The predicted molar refractivity (Wildman–Crippen MR) is 88.2 cm³/mol. The molecule has 0 aromatic heterocycles. The van der Waals surface area contributed by atoms with Gasteiger partial charge in [0.15, 0.2) is 0 Å². The molecule has 0 nitrogen and oxygen atoms in total. The van der Waals surface area contributed by atoms with Crippen LogP contribution in [0.2, 0.25) is 28.1 Å². The van der Waals surface area contributed by atoms with Crippen LogP contribution in [0.4, 0.5) is 0 Å². The van der Waals surface area contributed by atoms with Gasteiger partial charge < -0.3 is 0 Å². The van der Waals surface area contributed by atoms with Crippen LogP contribution in [-0.2, 0) is 0 Å². The van der Waals surface area contributed by atoms with E-state index < -0.39 is 39.5 Å². The van der Waals surface area contributed by atoms with E-state index in [0.717, 1.165) is 0 Å². The summed E-state index contributed by atoms with van der Waals surface area (Å²) in [7, 11) is 0. The summed E-state index contributed by atoms with van der Waals surface area (Å²) in [6.45, 7) is 7.00. The Balaban J connectivity index is 0. The maximum absolute atomic E-state index is 2.36. The van der Waals surface area contributed by atoms with Crippen molar-refractivity contribution in [1.29, 1.82) is 0 Å². The van der Waals surface area contributed by atoms with Gasteiger partial charge in [0.1, 0.15) is 0 Å². The van der Waals surface area contributed by atoms with Gasteiger partial charge in [-0.25, -0.2) is 0 Å². The van der Waals surface area contributed by atoms with Crippen molar-refractivity contribution in [2.24, 2.45) is 0 Å². The summed E-state index contributed by atoms with van der Waals surface area (Å²) in [5, 5.41) is 0. The van der Waals surface area contributed by atoms with E-state index in [0.29, 0.717) is 0 Å². The summed E-state index contributed by atoms with van der Waals surface area (Å²) >= 11 is -1.38. The zero-order chi connectivity index (χ0) is 13.5. The molecule has 0 aromatic rings. The van der Waals surface area contributed by atoms with Crippen molar-refractivity contribution in [2.75, 3.05) is 0 Å². The summed E-state index contributed by atoms with van der Waals surface area (Å²) in [5.74, 6) is 0. The fourth-order valence-corrected chi connectivity index (χ4v) is 11.1. The van der Waals surface area contributed by atoms with Crippen molar-refractivity contribution < 1.29 is 0 Å². The molecule has 0 rings (SSSR count). The summed E-state index contributed by atoms with van der Waals surface area (Å²) in [5.41, 5.74) is 0. The van der Waals surface area contributed by atoms with Crippen molar-refractivity contribution in [1.82, 2.24) is 0 Å². The van der Waals surface area contributed by atoms with Crippen LogP contribution < -0.4 is 0 Å². The van der Waals surface area contributed by atoms with Crippen LogP contribution in [0.1, 0.15) is 59.3 Å². The van der Waals surface area contributed by atoms with E-state index in [9.17, 15) is 0 Å². The second-order valence-electron chi connectivity index (χ2n) is 5.56. The molecule has 0 saturated heterocycles. The second-order valence-corrected chi connectivity index (χ2v) is 22.7. The Kier molecular flexibility index (Phi) is 21.6. The molecule has 0 unspecified atom stereocenters. The van der Waals surface area contributed by atoms with Gasteiger partial charge in [-0.05, 0) is 0 Å². The van der Waals surface area contributed by atoms with Gasteiger partial charge >= 0.3 is 127 Å². The van der Waals surface area contributed by atoms with E-state index in [-0.39, 0.29) is 0 Å². The minimum absolute atomic E-state index is 0.543. The van der Waals surface area contributed by atoms with E-state index in [1.165, 1.54) is 38.5 Å². The van der Waals surface area contributed by atoms with Gasteiger partial charge in [0.25, 0.3) is 0 Å². The summed E-state index contributed by atoms with van der Waals surface area (Å²) in [6, 6.07) is 0. The molecule has 0 aromatic carbocycles. The standard InChI is InChI=1S/3C4H9.3CH3.2Sn/c3*1-3-4-2;;;;;/h3*1,3-4H2,2H3;3*1H3;;. The third kappa shape index (κ3) is 23.2. The van der Waals surface area contributed by atoms with E-state index in [1.807, 2.05) is 0 Å². The second kappa shape index (κ2) is 17.6. The third-order valence-electron chi connectivity index (χ3n) is 2.65. The Bertz CT molecular complexity index is 102. The van der Waals surface area contributed by atoms with Crippen LogP contribution in [0, 0.1) is 0 Å². The first-order valence-electron chi connectivity index (χ1n) is 7.68. The molecule has 0 atom stereocenters. The molecule has 0 saturated carbocycles. The Morgan fingerprint density at radius 3 is 1.00 bits per heavy atom. The topological polar surface area (TPSA) is 0 Å². The predicted octanol–water partition coefficient (Wildman–Crippen LogP) is 6.25. The van der Waals surface area contributed by atoms with Gasteiger partial charge in [0.2, 0.25) is 0 Å². The summed E-state index contributed by atoms with van der Waals surface area (Å²) in [4.78, 5) is 7.09. The van der Waals surface area contributed by atoms with Crippen molar-refractivity contribution in [3.63, 3.8) is 0 Å². The zero-order valence-corrected chi connectivity index (χ0v) is 19.1. The monoisotopic (exact) mass is 456 g/mol. The van der Waals surface area contributed by atoms with E-state index in [4.69, 9.17) is 0 Å². The van der Waals surface area contributed by atoms with Gasteiger partial charge in [-0.3, -0.25) is 0 Å². The van der Waals surface area contributed by atoms with Crippen LogP contribution in [-0.4, -0.2) is 39.5 Å². The first-order valence-corrected chi connectivity index (χ1v) is 22.3. The molecule has 104 valence electrons. The molecule has 0 N–H and O–H groups in total. The van der Waals surface area contributed by atoms with E-state index in [1.54, 1.807) is 13.3 Å². The molecule has 17 heavy (non-hydrogen) atoms. The Hall–Kier alpha value is 1.60. The van der Waals surface area contributed by atoms with Crippen molar-refractivity contribution >= 4 is 39.5 Å². The van der Waals surface area contributed by atoms with Crippen LogP contribution >= 0.6 is 0 Å². The minimum atomic E-state index is -0.839. The molecule has 2 radical (unpaired) electrons. The Morgan fingerprint density at radius 2 is 0.824 bits per heavy atom. The van der Waals surface area contributed by atoms with E-state index in [2.05, 4.69) is 35.6 Å². The molecule has 2 heteroatoms. The SMILES string of the molecule is CCC[CH2][Sn]([CH2]CCC)[CH2]CCC.[CH3][Sn]([CH3])[CH3]. The normalized spacial score (nSPS) is 10.6. The number of rotatable bonds is 9. The first kappa shape index (κ1) is 20.9. The molecule has 0 aliphatic rings. The fraction of sp³-hybridized carbons (Fsp3) is 1.00. The molecule has 0 amide bonds. The van der Waals surface area contributed by atoms with Crippen molar-refractivity contribution in [2.45, 2.75) is 87.4 Å². The molecule has 0 heterocycles. The Morgan fingerprint density at radius 1 is 0.588 bits per heavy atom. The quantitative estimate of drug-likeness (QED) is 0.362. The molecule has 0 fully saturated rings. The molecule has 0 spiro atoms. The Labute approximate surface area is 126 Å².